The molecule has 42 heavy (non-hydrogen) atoms. The van der Waals surface area contributed by atoms with E-state index >= 15 is 0 Å². The Kier molecular flexibility index (Phi) is 8.55. The molecule has 5 rings (SSSR count). The number of nitrogens with one attached hydrogen (secondary N) is 2. The van der Waals surface area contributed by atoms with E-state index in [0.29, 0.717) is 23.4 Å². The molecule has 12 heteroatoms. The second-order valence-electron chi connectivity index (χ2n) is 11.7. The van der Waals surface area contributed by atoms with Crippen LogP contribution in [-0.4, -0.2) is 66.7 Å². The van der Waals surface area contributed by atoms with Crippen molar-refractivity contribution < 1.29 is 27.6 Å². The van der Waals surface area contributed by atoms with E-state index in [9.17, 15) is 27.6 Å². The predicted molar refractivity (Wildman–Crippen MR) is 158 cm³/mol. The number of benzene rings is 2. The quantitative estimate of drug-likeness (QED) is 0.303. The minimum Gasteiger partial charge on any atom is -0.347 e. The van der Waals surface area contributed by atoms with Crippen LogP contribution in [0.3, 0.4) is 0 Å². The molecular formula is C30H33Cl2N3O6S. The van der Waals surface area contributed by atoms with Crippen LogP contribution >= 0.6 is 23.2 Å². The standard InChI is InChI=1S/C30H33Cl2N3O6S/c1-17(2)25(26(36)27(37)34-20-11-12-20)35(29(39)30(13-14-30)18-7-9-19(31)10-8-18)28(38)23-15-21(16-33-23)42(40,41)24-6-4-3-5-22(24)32/h3-10,17,20-21,23,25,33H,11-16H2,1-2H3,(H,34,37)/t21-,23+,25+/m1/s1. The number of imide groups is 1. The number of hydrogen-bond acceptors (Lipinski definition) is 7. The van der Waals surface area contributed by atoms with Gasteiger partial charge in [-0.05, 0) is 67.9 Å². The van der Waals surface area contributed by atoms with Crippen molar-refractivity contribution in [2.75, 3.05) is 6.54 Å². The molecule has 0 spiro atoms. The molecule has 2 aliphatic carbocycles. The first-order chi connectivity index (χ1) is 19.9. The monoisotopic (exact) mass is 633 g/mol. The van der Waals surface area contributed by atoms with Crippen LogP contribution in [0.5, 0.6) is 0 Å². The number of amides is 3. The number of nitrogens with zero attached hydrogens (tertiary/aromatic N) is 1. The zero-order valence-electron chi connectivity index (χ0n) is 23.3. The van der Waals surface area contributed by atoms with Gasteiger partial charge in [0, 0.05) is 17.6 Å². The Morgan fingerprint density at radius 1 is 1.00 bits per heavy atom. The van der Waals surface area contributed by atoms with Gasteiger partial charge in [-0.2, -0.15) is 0 Å². The molecule has 3 atom stereocenters. The zero-order valence-corrected chi connectivity index (χ0v) is 25.6. The van der Waals surface area contributed by atoms with Gasteiger partial charge < -0.3 is 10.6 Å². The number of Topliss-reactive ketones (excluding diaryl/α,β-unsaturated/α-hetero) is 1. The molecule has 0 aromatic heterocycles. The molecule has 1 aliphatic heterocycles. The lowest BCUT2D eigenvalue weighted by Crippen LogP contribution is -2.60. The number of carbonyl (C=O) groups excluding carboxylic acids is 4. The van der Waals surface area contributed by atoms with E-state index in [2.05, 4.69) is 10.6 Å². The van der Waals surface area contributed by atoms with Crippen LogP contribution in [0.1, 0.15) is 51.5 Å². The van der Waals surface area contributed by atoms with Crippen LogP contribution in [0.4, 0.5) is 0 Å². The SMILES string of the molecule is CC(C)[C@@H](C(=O)C(=O)NC1CC1)N(C(=O)[C@@H]1C[C@@H](S(=O)(=O)c2ccccc2Cl)CN1)C(=O)C1(c2ccc(Cl)cc2)CC1. The van der Waals surface area contributed by atoms with Gasteiger partial charge in [0.2, 0.25) is 17.6 Å². The number of ketones is 1. The van der Waals surface area contributed by atoms with Crippen LogP contribution in [0.25, 0.3) is 0 Å². The summed E-state index contributed by atoms with van der Waals surface area (Å²) < 4.78 is 26.8. The van der Waals surface area contributed by atoms with Gasteiger partial charge in [0.1, 0.15) is 6.04 Å². The summed E-state index contributed by atoms with van der Waals surface area (Å²) in [5, 5.41) is 5.22. The molecule has 0 radical (unpaired) electrons. The Hall–Kier alpha value is -2.79. The first kappa shape index (κ1) is 30.7. The maximum absolute atomic E-state index is 14.4. The van der Waals surface area contributed by atoms with Gasteiger partial charge in [0.05, 0.1) is 26.6 Å². The summed E-state index contributed by atoms with van der Waals surface area (Å²) in [6.45, 7) is 3.31. The van der Waals surface area contributed by atoms with Crippen LogP contribution in [-0.2, 0) is 34.4 Å². The molecular weight excluding hydrogens is 601 g/mol. The van der Waals surface area contributed by atoms with Crippen molar-refractivity contribution in [2.45, 2.75) is 79.6 Å². The van der Waals surface area contributed by atoms with Crippen LogP contribution in [0.15, 0.2) is 53.4 Å². The molecule has 3 aliphatic rings. The van der Waals surface area contributed by atoms with Crippen molar-refractivity contribution in [3.8, 4) is 0 Å². The first-order valence-electron chi connectivity index (χ1n) is 14.1. The highest BCUT2D eigenvalue weighted by Gasteiger charge is 2.57. The van der Waals surface area contributed by atoms with Gasteiger partial charge in [0.25, 0.3) is 5.91 Å². The largest absolute Gasteiger partial charge is 0.347 e. The highest BCUT2D eigenvalue weighted by molar-refractivity contribution is 7.92. The maximum atomic E-state index is 14.4. The Labute approximate surface area is 255 Å². The van der Waals surface area contributed by atoms with E-state index in [0.717, 1.165) is 17.7 Å². The van der Waals surface area contributed by atoms with Crippen molar-refractivity contribution in [1.29, 1.82) is 0 Å². The molecule has 224 valence electrons. The summed E-state index contributed by atoms with van der Waals surface area (Å²) in [5.41, 5.74) is -0.395. The molecule has 0 unspecified atom stereocenters. The third-order valence-electron chi connectivity index (χ3n) is 8.30. The lowest BCUT2D eigenvalue weighted by Gasteiger charge is -2.35. The fraction of sp³-hybridized carbons (Fsp3) is 0.467. The third kappa shape index (κ3) is 5.86. The van der Waals surface area contributed by atoms with Crippen molar-refractivity contribution in [2.24, 2.45) is 5.92 Å². The van der Waals surface area contributed by atoms with Gasteiger partial charge in [0.15, 0.2) is 9.84 Å². The minimum atomic E-state index is -3.91. The van der Waals surface area contributed by atoms with Gasteiger partial charge in [-0.25, -0.2) is 8.42 Å². The van der Waals surface area contributed by atoms with E-state index in [1.54, 1.807) is 50.2 Å². The summed E-state index contributed by atoms with van der Waals surface area (Å²) in [5.74, 6) is -3.61. The lowest BCUT2D eigenvalue weighted by atomic mass is 9.90. The molecule has 2 saturated carbocycles. The second-order valence-corrected chi connectivity index (χ2v) is 14.7. The first-order valence-corrected chi connectivity index (χ1v) is 16.4. The van der Waals surface area contributed by atoms with Crippen molar-refractivity contribution >= 4 is 56.5 Å². The van der Waals surface area contributed by atoms with Crippen LogP contribution < -0.4 is 10.6 Å². The van der Waals surface area contributed by atoms with E-state index in [4.69, 9.17) is 23.2 Å². The number of hydrogen-bond donors (Lipinski definition) is 2. The number of halogens is 2. The van der Waals surface area contributed by atoms with E-state index in [-0.39, 0.29) is 28.9 Å². The summed E-state index contributed by atoms with van der Waals surface area (Å²) in [4.78, 5) is 56.0. The van der Waals surface area contributed by atoms with E-state index in [1.165, 1.54) is 12.1 Å². The molecule has 3 fully saturated rings. The highest BCUT2D eigenvalue weighted by Crippen LogP contribution is 2.50. The Balaban J connectivity index is 1.48. The zero-order chi connectivity index (χ0) is 30.4. The molecule has 1 saturated heterocycles. The summed E-state index contributed by atoms with van der Waals surface area (Å²) in [6.07, 6.45) is 2.30. The topological polar surface area (TPSA) is 130 Å². The van der Waals surface area contributed by atoms with Crippen molar-refractivity contribution in [1.82, 2.24) is 15.5 Å². The summed E-state index contributed by atoms with van der Waals surface area (Å²) in [7, 11) is -3.91. The fourth-order valence-corrected chi connectivity index (χ4v) is 7.91. The van der Waals surface area contributed by atoms with Crippen molar-refractivity contribution in [3.05, 3.63) is 64.1 Å². The Bertz CT molecular complexity index is 1520. The molecule has 1 heterocycles. The van der Waals surface area contributed by atoms with Crippen LogP contribution in [0, 0.1) is 5.92 Å². The number of sulfone groups is 1. The van der Waals surface area contributed by atoms with Gasteiger partial charge in [-0.1, -0.05) is 61.3 Å². The Morgan fingerprint density at radius 2 is 1.64 bits per heavy atom. The molecule has 0 bridgehead atoms. The lowest BCUT2D eigenvalue weighted by molar-refractivity contribution is -0.157. The smallest absolute Gasteiger partial charge is 0.289 e. The average molecular weight is 635 g/mol. The van der Waals surface area contributed by atoms with Crippen LogP contribution in [0.2, 0.25) is 10.0 Å². The minimum absolute atomic E-state index is 0.0360. The molecule has 2 N–H and O–H groups in total. The fourth-order valence-electron chi connectivity index (χ4n) is 5.60. The van der Waals surface area contributed by atoms with Gasteiger partial charge in [-0.15, -0.1) is 0 Å². The number of carbonyl (C=O) groups is 4. The van der Waals surface area contributed by atoms with Gasteiger partial charge >= 0.3 is 0 Å². The van der Waals surface area contributed by atoms with E-state index < -0.39 is 62.0 Å². The average Bonchev–Trinajstić information content (AvgIpc) is 3.88. The number of rotatable bonds is 10. The molecule has 2 aromatic rings. The maximum Gasteiger partial charge on any atom is 0.289 e. The predicted octanol–water partition coefficient (Wildman–Crippen LogP) is 3.46. The molecule has 9 nitrogen and oxygen atoms in total. The van der Waals surface area contributed by atoms with E-state index in [1.807, 2.05) is 0 Å². The molecule has 3 amide bonds. The van der Waals surface area contributed by atoms with Gasteiger partial charge in [-0.3, -0.25) is 24.1 Å². The normalized spacial score (nSPS) is 21.9. The van der Waals surface area contributed by atoms with Crippen molar-refractivity contribution in [3.63, 3.8) is 0 Å². The molecule has 2 aromatic carbocycles. The summed E-state index contributed by atoms with van der Waals surface area (Å²) in [6, 6.07) is 10.3. The second kappa shape index (κ2) is 11.7. The summed E-state index contributed by atoms with van der Waals surface area (Å²) >= 11 is 12.3. The third-order valence-corrected chi connectivity index (χ3v) is 11.2. The highest BCUT2D eigenvalue weighted by atomic mass is 35.5. The Morgan fingerprint density at radius 3 is 2.21 bits per heavy atom.